The fourth-order valence-corrected chi connectivity index (χ4v) is 3.45. The molecule has 0 spiro atoms. The van der Waals surface area contributed by atoms with Crippen LogP contribution in [0.15, 0.2) is 73.7 Å². The molecule has 5 aromatic heterocycles. The van der Waals surface area contributed by atoms with Gasteiger partial charge in [0.05, 0.1) is 12.0 Å². The van der Waals surface area contributed by atoms with Crippen molar-refractivity contribution in [2.45, 2.75) is 26.4 Å². The van der Waals surface area contributed by atoms with Crippen LogP contribution in [0.1, 0.15) is 25.5 Å². The van der Waals surface area contributed by atoms with Gasteiger partial charge in [0.1, 0.15) is 5.52 Å². The number of imidazole rings is 1. The molecule has 0 aliphatic carbocycles. The zero-order valence-corrected chi connectivity index (χ0v) is 17.8. The van der Waals surface area contributed by atoms with Crippen LogP contribution in [-0.4, -0.2) is 34.5 Å². The van der Waals surface area contributed by atoms with Crippen molar-refractivity contribution in [1.82, 2.24) is 34.5 Å². The van der Waals surface area contributed by atoms with Gasteiger partial charge < -0.3 is 9.88 Å². The summed E-state index contributed by atoms with van der Waals surface area (Å²) in [6, 6.07) is 12.0. The zero-order chi connectivity index (χ0) is 21.9. The highest BCUT2D eigenvalue weighted by atomic mass is 15.2. The number of fused-ring (bicyclic) bond motifs is 1. The van der Waals surface area contributed by atoms with Crippen LogP contribution in [0.4, 0.5) is 5.82 Å². The summed E-state index contributed by atoms with van der Waals surface area (Å²) in [5.74, 6) is 1.30. The van der Waals surface area contributed by atoms with Gasteiger partial charge in [-0.15, -0.1) is 0 Å². The van der Waals surface area contributed by atoms with Crippen LogP contribution in [0.3, 0.4) is 0 Å². The van der Waals surface area contributed by atoms with E-state index in [1.807, 2.05) is 47.4 Å². The van der Waals surface area contributed by atoms with Gasteiger partial charge in [-0.25, -0.2) is 15.0 Å². The second-order valence-corrected chi connectivity index (χ2v) is 7.70. The minimum Gasteiger partial charge on any atom is -0.364 e. The Labute approximate surface area is 185 Å². The Morgan fingerprint density at radius 1 is 0.875 bits per heavy atom. The average Bonchev–Trinajstić information content (AvgIpc) is 3.28. The molecule has 0 bridgehead atoms. The van der Waals surface area contributed by atoms with Gasteiger partial charge in [0.15, 0.2) is 17.3 Å². The van der Waals surface area contributed by atoms with Crippen LogP contribution in [-0.2, 0) is 6.54 Å². The number of anilines is 1. The maximum Gasteiger partial charge on any atom is 0.166 e. The molecule has 5 heterocycles. The molecule has 8 heteroatoms. The Balaban J connectivity index is 1.46. The normalized spacial score (nSPS) is 11.2. The lowest BCUT2D eigenvalue weighted by molar-refractivity contribution is 0.613. The van der Waals surface area contributed by atoms with Crippen LogP contribution >= 0.6 is 0 Å². The molecule has 0 amide bonds. The summed E-state index contributed by atoms with van der Waals surface area (Å²) in [6.45, 7) is 4.78. The highest BCUT2D eigenvalue weighted by Gasteiger charge is 2.16. The number of pyridine rings is 3. The number of hydrogen-bond acceptors (Lipinski definition) is 7. The first-order valence-electron chi connectivity index (χ1n) is 10.4. The Morgan fingerprint density at radius 2 is 1.75 bits per heavy atom. The fraction of sp³-hybridized carbons (Fsp3) is 0.167. The SMILES string of the molecule is CC(C)n1cnc2c(NCc3ccc(-c4ccncc4)nc3)nc(-c3cccnc3)nc21. The molecule has 0 fully saturated rings. The van der Waals surface area contributed by atoms with Crippen molar-refractivity contribution >= 4 is 17.0 Å². The third-order valence-electron chi connectivity index (χ3n) is 5.16. The minimum absolute atomic E-state index is 0.231. The summed E-state index contributed by atoms with van der Waals surface area (Å²) in [5, 5.41) is 3.43. The van der Waals surface area contributed by atoms with E-state index in [4.69, 9.17) is 9.97 Å². The first-order valence-corrected chi connectivity index (χ1v) is 10.4. The molecule has 0 aliphatic heterocycles. The van der Waals surface area contributed by atoms with E-state index in [9.17, 15) is 0 Å². The van der Waals surface area contributed by atoms with Crippen LogP contribution < -0.4 is 5.32 Å². The molecule has 8 nitrogen and oxygen atoms in total. The maximum absolute atomic E-state index is 4.78. The van der Waals surface area contributed by atoms with Crippen molar-refractivity contribution in [3.63, 3.8) is 0 Å². The highest BCUT2D eigenvalue weighted by Crippen LogP contribution is 2.26. The largest absolute Gasteiger partial charge is 0.364 e. The smallest absolute Gasteiger partial charge is 0.166 e. The summed E-state index contributed by atoms with van der Waals surface area (Å²) in [5.41, 5.74) is 5.39. The molecule has 0 radical (unpaired) electrons. The van der Waals surface area contributed by atoms with Gasteiger partial charge >= 0.3 is 0 Å². The fourth-order valence-electron chi connectivity index (χ4n) is 3.45. The van der Waals surface area contributed by atoms with Gasteiger partial charge in [0, 0.05) is 54.7 Å². The van der Waals surface area contributed by atoms with E-state index in [-0.39, 0.29) is 6.04 Å². The topological polar surface area (TPSA) is 94.3 Å². The lowest BCUT2D eigenvalue weighted by atomic mass is 10.1. The van der Waals surface area contributed by atoms with Gasteiger partial charge in [0.2, 0.25) is 0 Å². The van der Waals surface area contributed by atoms with Crippen molar-refractivity contribution < 1.29 is 0 Å². The van der Waals surface area contributed by atoms with E-state index >= 15 is 0 Å². The van der Waals surface area contributed by atoms with Gasteiger partial charge in [-0.05, 0) is 49.7 Å². The van der Waals surface area contributed by atoms with E-state index in [1.54, 1.807) is 24.8 Å². The third-order valence-corrected chi connectivity index (χ3v) is 5.16. The lowest BCUT2D eigenvalue weighted by Crippen LogP contribution is -2.06. The number of hydrogen-bond donors (Lipinski definition) is 1. The average molecular weight is 422 g/mol. The monoisotopic (exact) mass is 422 g/mol. The first kappa shape index (κ1) is 19.7. The first-order chi connectivity index (χ1) is 15.7. The molecule has 5 aromatic rings. The van der Waals surface area contributed by atoms with Crippen LogP contribution in [0.25, 0.3) is 33.8 Å². The molecule has 0 saturated carbocycles. The highest BCUT2D eigenvalue weighted by molar-refractivity contribution is 5.85. The molecule has 0 aliphatic rings. The Morgan fingerprint density at radius 3 is 2.47 bits per heavy atom. The lowest BCUT2D eigenvalue weighted by Gasteiger charge is -2.11. The quantitative estimate of drug-likeness (QED) is 0.429. The predicted molar refractivity (Wildman–Crippen MR) is 124 cm³/mol. The summed E-state index contributed by atoms with van der Waals surface area (Å²) in [6.07, 6.45) is 10.7. The Bertz CT molecular complexity index is 1330. The zero-order valence-electron chi connectivity index (χ0n) is 17.8. The van der Waals surface area contributed by atoms with E-state index < -0.39 is 0 Å². The molecule has 0 aromatic carbocycles. The van der Waals surface area contributed by atoms with Crippen molar-refractivity contribution in [3.8, 4) is 22.6 Å². The summed E-state index contributed by atoms with van der Waals surface area (Å²) in [7, 11) is 0. The van der Waals surface area contributed by atoms with Crippen LogP contribution in [0, 0.1) is 0 Å². The second kappa shape index (κ2) is 8.50. The Kier molecular flexibility index (Phi) is 5.25. The van der Waals surface area contributed by atoms with Crippen molar-refractivity contribution in [1.29, 1.82) is 0 Å². The summed E-state index contributed by atoms with van der Waals surface area (Å²) < 4.78 is 2.05. The number of rotatable bonds is 6. The molecule has 5 rings (SSSR count). The standard InChI is InChI=1S/C24H22N8/c1-16(2)32-15-29-21-23(30-22(31-24(21)32)19-4-3-9-26-14-19)28-13-17-5-6-20(27-12-17)18-7-10-25-11-8-18/h3-12,14-16H,13H2,1-2H3,(H,28,30,31). The molecular formula is C24H22N8. The molecule has 0 unspecified atom stereocenters. The van der Waals surface area contributed by atoms with E-state index in [0.29, 0.717) is 18.2 Å². The molecule has 158 valence electrons. The van der Waals surface area contributed by atoms with E-state index in [2.05, 4.69) is 45.2 Å². The van der Waals surface area contributed by atoms with E-state index in [1.165, 1.54) is 0 Å². The predicted octanol–water partition coefficient (Wildman–Crippen LogP) is 4.54. The molecule has 0 saturated heterocycles. The number of aromatic nitrogens is 7. The van der Waals surface area contributed by atoms with Gasteiger partial charge in [-0.2, -0.15) is 0 Å². The van der Waals surface area contributed by atoms with Crippen molar-refractivity contribution in [3.05, 3.63) is 79.3 Å². The minimum atomic E-state index is 0.231. The van der Waals surface area contributed by atoms with Gasteiger partial charge in [-0.1, -0.05) is 6.07 Å². The van der Waals surface area contributed by atoms with Crippen molar-refractivity contribution in [2.75, 3.05) is 5.32 Å². The van der Waals surface area contributed by atoms with Crippen molar-refractivity contribution in [2.24, 2.45) is 0 Å². The van der Waals surface area contributed by atoms with Crippen LogP contribution in [0.5, 0.6) is 0 Å². The van der Waals surface area contributed by atoms with Gasteiger partial charge in [-0.3, -0.25) is 15.0 Å². The maximum atomic E-state index is 4.78. The molecular weight excluding hydrogens is 400 g/mol. The van der Waals surface area contributed by atoms with E-state index in [0.717, 1.165) is 33.5 Å². The summed E-state index contributed by atoms with van der Waals surface area (Å²) in [4.78, 5) is 27.0. The number of nitrogens with zero attached hydrogens (tertiary/aromatic N) is 7. The van der Waals surface area contributed by atoms with Crippen LogP contribution in [0.2, 0.25) is 0 Å². The Hall–Kier alpha value is -4.20. The molecule has 1 N–H and O–H groups in total. The summed E-state index contributed by atoms with van der Waals surface area (Å²) >= 11 is 0. The molecule has 32 heavy (non-hydrogen) atoms. The second-order valence-electron chi connectivity index (χ2n) is 7.70. The third kappa shape index (κ3) is 3.90. The van der Waals surface area contributed by atoms with Gasteiger partial charge in [0.25, 0.3) is 0 Å². The number of nitrogens with one attached hydrogen (secondary N) is 1. The molecule has 0 atom stereocenters.